The van der Waals surface area contributed by atoms with Crippen LogP contribution in [-0.4, -0.2) is 15.0 Å². The first kappa shape index (κ1) is 36.8. The van der Waals surface area contributed by atoms with Crippen LogP contribution in [0.5, 0.6) is 0 Å². The molecule has 0 bridgehead atoms. The molecule has 10 aromatic carbocycles. The highest BCUT2D eigenvalue weighted by atomic mass is 32.1. The molecule has 2 aromatic heterocycles. The zero-order valence-electron chi connectivity index (χ0n) is 34.1. The van der Waals surface area contributed by atoms with Crippen molar-refractivity contribution in [2.75, 3.05) is 0 Å². The van der Waals surface area contributed by atoms with Crippen LogP contribution in [0, 0.1) is 0 Å². The van der Waals surface area contributed by atoms with Crippen LogP contribution in [-0.2, 0) is 0 Å². The molecule has 63 heavy (non-hydrogen) atoms. The number of nitrogens with zero attached hydrogens (tertiary/aromatic N) is 3. The van der Waals surface area contributed by atoms with Gasteiger partial charge in [-0.2, -0.15) is 0 Å². The number of benzene rings is 10. The lowest BCUT2D eigenvalue weighted by atomic mass is 9.91. The Labute approximate surface area is 369 Å². The Hall–Kier alpha value is -8.05. The van der Waals surface area contributed by atoms with Crippen molar-refractivity contribution in [3.8, 4) is 78.7 Å². The number of hydrogen-bond donors (Lipinski definition) is 0. The third kappa shape index (κ3) is 6.56. The zero-order valence-corrected chi connectivity index (χ0v) is 34.9. The predicted molar refractivity (Wildman–Crippen MR) is 266 cm³/mol. The molecular weight excluding hydrogens is 783 g/mol. The molecule has 0 aliphatic rings. The second kappa shape index (κ2) is 15.4. The van der Waals surface area contributed by atoms with Gasteiger partial charge in [0.1, 0.15) is 0 Å². The van der Waals surface area contributed by atoms with Crippen molar-refractivity contribution in [3.05, 3.63) is 224 Å². The molecule has 0 atom stereocenters. The van der Waals surface area contributed by atoms with Gasteiger partial charge in [-0.3, -0.25) is 0 Å². The fourth-order valence-electron chi connectivity index (χ4n) is 9.21. The van der Waals surface area contributed by atoms with E-state index >= 15 is 0 Å². The average Bonchev–Trinajstić information content (AvgIpc) is 3.75. The summed E-state index contributed by atoms with van der Waals surface area (Å²) in [5.41, 5.74) is 12.0. The number of thiophene rings is 1. The molecule has 0 unspecified atom stereocenters. The summed E-state index contributed by atoms with van der Waals surface area (Å²) in [5.74, 6) is 1.86. The van der Waals surface area contributed by atoms with Crippen molar-refractivity contribution in [3.63, 3.8) is 0 Å². The van der Waals surface area contributed by atoms with E-state index in [1.165, 1.54) is 47.5 Å². The summed E-state index contributed by atoms with van der Waals surface area (Å²) in [4.78, 5) is 16.1. The monoisotopic (exact) mass is 819 g/mol. The summed E-state index contributed by atoms with van der Waals surface area (Å²) < 4.78 is 2.53. The van der Waals surface area contributed by atoms with Crippen molar-refractivity contribution in [1.82, 2.24) is 15.0 Å². The van der Waals surface area contributed by atoms with Crippen LogP contribution in [0.4, 0.5) is 0 Å². The first-order valence-electron chi connectivity index (χ1n) is 21.3. The Morgan fingerprint density at radius 3 is 1.52 bits per heavy atom. The van der Waals surface area contributed by atoms with Crippen LogP contribution in [0.3, 0.4) is 0 Å². The van der Waals surface area contributed by atoms with Gasteiger partial charge in [-0.1, -0.05) is 194 Å². The van der Waals surface area contributed by atoms with Gasteiger partial charge in [0.25, 0.3) is 0 Å². The molecule has 12 aromatic rings. The minimum atomic E-state index is 0.616. The minimum absolute atomic E-state index is 0.616. The van der Waals surface area contributed by atoms with Crippen molar-refractivity contribution >= 4 is 53.1 Å². The van der Waals surface area contributed by atoms with E-state index in [4.69, 9.17) is 15.0 Å². The van der Waals surface area contributed by atoms with Crippen LogP contribution in [0.1, 0.15) is 0 Å². The van der Waals surface area contributed by atoms with Crippen LogP contribution >= 0.6 is 11.3 Å². The molecule has 0 radical (unpaired) electrons. The number of aromatic nitrogens is 3. The Kier molecular flexibility index (Phi) is 9.02. The number of fused-ring (bicyclic) bond motifs is 5. The maximum Gasteiger partial charge on any atom is 0.164 e. The zero-order chi connectivity index (χ0) is 41.7. The largest absolute Gasteiger partial charge is 0.208 e. The van der Waals surface area contributed by atoms with Gasteiger partial charge in [0.05, 0.1) is 0 Å². The Morgan fingerprint density at radius 1 is 0.254 bits per heavy atom. The minimum Gasteiger partial charge on any atom is -0.208 e. The van der Waals surface area contributed by atoms with E-state index in [-0.39, 0.29) is 0 Å². The van der Waals surface area contributed by atoms with E-state index in [1.807, 2.05) is 11.3 Å². The normalized spacial score (nSPS) is 11.5. The molecule has 0 fully saturated rings. The van der Waals surface area contributed by atoms with Crippen LogP contribution in [0.25, 0.3) is 120 Å². The maximum atomic E-state index is 5.40. The highest BCUT2D eigenvalue weighted by Gasteiger charge is 2.20. The van der Waals surface area contributed by atoms with E-state index in [1.54, 1.807) is 0 Å². The van der Waals surface area contributed by atoms with Gasteiger partial charge in [0.15, 0.2) is 17.5 Å². The topological polar surface area (TPSA) is 38.7 Å². The molecular formula is C59H37N3S. The van der Waals surface area contributed by atoms with Gasteiger partial charge < -0.3 is 0 Å². The van der Waals surface area contributed by atoms with Gasteiger partial charge in [0.2, 0.25) is 0 Å². The summed E-state index contributed by atoms with van der Waals surface area (Å²) in [5, 5.41) is 7.22. The van der Waals surface area contributed by atoms with Gasteiger partial charge in [-0.05, 0) is 96.4 Å². The van der Waals surface area contributed by atoms with Crippen LogP contribution in [0.2, 0.25) is 0 Å². The fourth-order valence-corrected chi connectivity index (χ4v) is 10.3. The summed E-state index contributed by atoms with van der Waals surface area (Å²) in [6, 6.07) is 79.9. The first-order valence-corrected chi connectivity index (χ1v) is 22.1. The molecule has 294 valence electrons. The van der Waals surface area contributed by atoms with Crippen LogP contribution < -0.4 is 0 Å². The van der Waals surface area contributed by atoms with Crippen molar-refractivity contribution in [2.24, 2.45) is 0 Å². The second-order valence-corrected chi connectivity index (χ2v) is 17.0. The van der Waals surface area contributed by atoms with Gasteiger partial charge in [-0.15, -0.1) is 11.3 Å². The number of rotatable bonds is 7. The van der Waals surface area contributed by atoms with Gasteiger partial charge in [-0.25, -0.2) is 15.0 Å². The lowest BCUT2D eigenvalue weighted by Crippen LogP contribution is -2.01. The van der Waals surface area contributed by atoms with E-state index in [2.05, 4.69) is 224 Å². The molecule has 0 aliphatic carbocycles. The summed E-state index contributed by atoms with van der Waals surface area (Å²) in [6.07, 6.45) is 0. The maximum absolute atomic E-state index is 5.40. The second-order valence-electron chi connectivity index (χ2n) is 15.9. The summed E-state index contributed by atoms with van der Waals surface area (Å²) in [6.45, 7) is 0. The Bertz CT molecular complexity index is 3690. The fraction of sp³-hybridized carbons (Fsp3) is 0. The standard InChI is InChI=1S/C59H37N3S/c1-3-17-38(18-4-1)45-33-34-46(48-26-10-9-25-47(45)48)41-22-15-23-42(35-41)57-60-58(43-36-40-21-7-8-24-44(40)53(37-43)39-19-5-2-6-20-39)62-59(61-57)51-28-12-11-27-49(51)50-30-16-32-55-56(50)52-29-13-14-31-54(52)63-55/h1-37H. The van der Waals surface area contributed by atoms with Gasteiger partial charge >= 0.3 is 0 Å². The summed E-state index contributed by atoms with van der Waals surface area (Å²) in [7, 11) is 0. The molecule has 0 amide bonds. The Morgan fingerprint density at radius 2 is 0.762 bits per heavy atom. The van der Waals surface area contributed by atoms with Crippen molar-refractivity contribution in [2.45, 2.75) is 0 Å². The third-order valence-corrected chi connectivity index (χ3v) is 13.3. The quantitative estimate of drug-likeness (QED) is 0.161. The highest BCUT2D eigenvalue weighted by molar-refractivity contribution is 7.25. The highest BCUT2D eigenvalue weighted by Crippen LogP contribution is 2.43. The third-order valence-electron chi connectivity index (χ3n) is 12.1. The molecule has 4 heteroatoms. The van der Waals surface area contributed by atoms with Crippen LogP contribution in [0.15, 0.2) is 224 Å². The molecule has 12 rings (SSSR count). The SMILES string of the molecule is c1ccc(-c2cc(-c3nc(-c4cccc(-c5ccc(-c6ccccc6)c6ccccc56)c4)nc(-c4ccccc4-c4cccc5sc6ccccc6c45)n3)cc3ccccc23)cc1. The predicted octanol–water partition coefficient (Wildman–Crippen LogP) is 16.2. The molecule has 0 aliphatic heterocycles. The molecule has 0 saturated heterocycles. The molecule has 0 spiro atoms. The van der Waals surface area contributed by atoms with Gasteiger partial charge in [0, 0.05) is 36.9 Å². The average molecular weight is 820 g/mol. The smallest absolute Gasteiger partial charge is 0.164 e. The molecule has 2 heterocycles. The van der Waals surface area contributed by atoms with E-state index in [9.17, 15) is 0 Å². The molecule has 0 saturated carbocycles. The van der Waals surface area contributed by atoms with Crippen molar-refractivity contribution < 1.29 is 0 Å². The first-order chi connectivity index (χ1) is 31.2. The lowest BCUT2D eigenvalue weighted by Gasteiger charge is -2.15. The molecule has 0 N–H and O–H groups in total. The summed E-state index contributed by atoms with van der Waals surface area (Å²) >= 11 is 1.83. The van der Waals surface area contributed by atoms with E-state index in [0.29, 0.717) is 17.5 Å². The van der Waals surface area contributed by atoms with E-state index in [0.717, 1.165) is 55.5 Å². The molecule has 3 nitrogen and oxygen atoms in total. The number of hydrogen-bond acceptors (Lipinski definition) is 4. The Balaban J connectivity index is 1.08. The van der Waals surface area contributed by atoms with Crippen molar-refractivity contribution in [1.29, 1.82) is 0 Å². The van der Waals surface area contributed by atoms with E-state index < -0.39 is 0 Å². The lowest BCUT2D eigenvalue weighted by molar-refractivity contribution is 1.08.